The first-order valence-electron chi connectivity index (χ1n) is 4.51. The molecule has 2 rings (SSSR count). The van der Waals surface area contributed by atoms with Gasteiger partial charge in [-0.15, -0.1) is 11.3 Å². The highest BCUT2D eigenvalue weighted by molar-refractivity contribution is 7.09. The Labute approximate surface area is 81.2 Å². The summed E-state index contributed by atoms with van der Waals surface area (Å²) in [5.41, 5.74) is 0.568. The van der Waals surface area contributed by atoms with Crippen molar-refractivity contribution in [2.45, 2.75) is 25.3 Å². The molecule has 0 aliphatic carbocycles. The van der Waals surface area contributed by atoms with Crippen molar-refractivity contribution in [2.75, 3.05) is 6.54 Å². The molecule has 1 aromatic heterocycles. The molecule has 13 heavy (non-hydrogen) atoms. The van der Waals surface area contributed by atoms with Crippen molar-refractivity contribution >= 4 is 17.6 Å². The maximum absolute atomic E-state index is 10.4. The van der Waals surface area contributed by atoms with Crippen molar-refractivity contribution in [3.8, 4) is 0 Å². The van der Waals surface area contributed by atoms with Crippen molar-refractivity contribution in [3.63, 3.8) is 0 Å². The number of aromatic nitrogens is 1. The summed E-state index contributed by atoms with van der Waals surface area (Å²) in [7, 11) is 0. The van der Waals surface area contributed by atoms with Gasteiger partial charge in [0.2, 0.25) is 0 Å². The van der Waals surface area contributed by atoms with Gasteiger partial charge in [0.1, 0.15) is 5.69 Å². The molecule has 0 radical (unpaired) electrons. The fourth-order valence-electron chi connectivity index (χ4n) is 1.61. The standard InChI is InChI=1S/C9H12N2OS/c12-5-8-6-13-9(11-8)4-7-2-1-3-10-7/h5-7,10H,1-4H2. The predicted molar refractivity (Wildman–Crippen MR) is 52.2 cm³/mol. The summed E-state index contributed by atoms with van der Waals surface area (Å²) in [6.45, 7) is 1.12. The lowest BCUT2D eigenvalue weighted by atomic mass is 10.2. The highest BCUT2D eigenvalue weighted by Crippen LogP contribution is 2.15. The summed E-state index contributed by atoms with van der Waals surface area (Å²) < 4.78 is 0. The van der Waals surface area contributed by atoms with Crippen LogP contribution in [0.2, 0.25) is 0 Å². The lowest BCUT2D eigenvalue weighted by Gasteiger charge is -2.05. The second kappa shape index (κ2) is 3.98. The molecule has 4 heteroatoms. The van der Waals surface area contributed by atoms with Crippen LogP contribution in [0.3, 0.4) is 0 Å². The smallest absolute Gasteiger partial charge is 0.169 e. The van der Waals surface area contributed by atoms with E-state index in [-0.39, 0.29) is 0 Å². The minimum atomic E-state index is 0.568. The van der Waals surface area contributed by atoms with E-state index < -0.39 is 0 Å². The highest BCUT2D eigenvalue weighted by atomic mass is 32.1. The Morgan fingerprint density at radius 2 is 2.69 bits per heavy atom. The first-order chi connectivity index (χ1) is 6.38. The molecule has 0 saturated carbocycles. The average molecular weight is 196 g/mol. The molecule has 1 N–H and O–H groups in total. The topological polar surface area (TPSA) is 42.0 Å². The Bertz CT molecular complexity index is 292. The number of thiazole rings is 1. The molecule has 1 fully saturated rings. The van der Waals surface area contributed by atoms with Crippen molar-refractivity contribution in [3.05, 3.63) is 16.1 Å². The van der Waals surface area contributed by atoms with Gasteiger partial charge in [0, 0.05) is 17.8 Å². The van der Waals surface area contributed by atoms with Crippen LogP contribution in [0.1, 0.15) is 28.3 Å². The SMILES string of the molecule is O=Cc1csc(CC2CCCN2)n1. The van der Waals surface area contributed by atoms with Gasteiger partial charge in [0.25, 0.3) is 0 Å². The Balaban J connectivity index is 1.96. The third-order valence-electron chi connectivity index (χ3n) is 2.27. The molecule has 1 unspecified atom stereocenters. The highest BCUT2D eigenvalue weighted by Gasteiger charge is 2.15. The normalized spacial score (nSPS) is 22.0. The van der Waals surface area contributed by atoms with Crippen LogP contribution in [-0.4, -0.2) is 23.9 Å². The zero-order chi connectivity index (χ0) is 9.10. The number of nitrogens with one attached hydrogen (secondary N) is 1. The van der Waals surface area contributed by atoms with E-state index in [0.717, 1.165) is 24.3 Å². The first-order valence-corrected chi connectivity index (χ1v) is 5.39. The van der Waals surface area contributed by atoms with E-state index in [2.05, 4.69) is 10.3 Å². The predicted octanol–water partition coefficient (Wildman–Crippen LogP) is 1.25. The average Bonchev–Trinajstić information content (AvgIpc) is 2.76. The van der Waals surface area contributed by atoms with E-state index in [1.807, 2.05) is 5.38 Å². The Morgan fingerprint density at radius 1 is 1.77 bits per heavy atom. The molecular weight excluding hydrogens is 184 g/mol. The molecule has 0 amide bonds. The number of hydrogen-bond donors (Lipinski definition) is 1. The zero-order valence-corrected chi connectivity index (χ0v) is 8.14. The van der Waals surface area contributed by atoms with E-state index in [0.29, 0.717) is 11.7 Å². The van der Waals surface area contributed by atoms with Crippen LogP contribution in [0.4, 0.5) is 0 Å². The van der Waals surface area contributed by atoms with Gasteiger partial charge in [-0.3, -0.25) is 4.79 Å². The number of carbonyl (C=O) groups is 1. The maximum Gasteiger partial charge on any atom is 0.169 e. The number of hydrogen-bond acceptors (Lipinski definition) is 4. The monoisotopic (exact) mass is 196 g/mol. The molecule has 1 atom stereocenters. The molecule has 70 valence electrons. The summed E-state index contributed by atoms with van der Waals surface area (Å²) in [4.78, 5) is 14.6. The van der Waals surface area contributed by atoms with E-state index in [4.69, 9.17) is 0 Å². The Hall–Kier alpha value is -0.740. The van der Waals surface area contributed by atoms with Crippen LogP contribution < -0.4 is 5.32 Å². The minimum absolute atomic E-state index is 0.568. The molecule has 0 spiro atoms. The van der Waals surface area contributed by atoms with Gasteiger partial charge in [0.05, 0.1) is 5.01 Å². The molecule has 1 aromatic rings. The van der Waals surface area contributed by atoms with Gasteiger partial charge in [0.15, 0.2) is 6.29 Å². The van der Waals surface area contributed by atoms with Crippen LogP contribution in [0.25, 0.3) is 0 Å². The number of aldehydes is 1. The Kier molecular flexibility index (Phi) is 2.71. The first kappa shape index (κ1) is 8.84. The third kappa shape index (κ3) is 2.14. The third-order valence-corrected chi connectivity index (χ3v) is 3.16. The minimum Gasteiger partial charge on any atom is -0.314 e. The van der Waals surface area contributed by atoms with Crippen molar-refractivity contribution in [1.29, 1.82) is 0 Å². The number of nitrogens with zero attached hydrogens (tertiary/aromatic N) is 1. The fourth-order valence-corrected chi connectivity index (χ4v) is 2.44. The summed E-state index contributed by atoms with van der Waals surface area (Å²) >= 11 is 1.58. The van der Waals surface area contributed by atoms with Crippen LogP contribution >= 0.6 is 11.3 Å². The molecule has 3 nitrogen and oxygen atoms in total. The van der Waals surface area contributed by atoms with Crippen molar-refractivity contribution in [2.24, 2.45) is 0 Å². The largest absolute Gasteiger partial charge is 0.314 e. The summed E-state index contributed by atoms with van der Waals surface area (Å²) in [6.07, 6.45) is 4.27. The van der Waals surface area contributed by atoms with Crippen molar-refractivity contribution in [1.82, 2.24) is 10.3 Å². The van der Waals surface area contributed by atoms with Crippen LogP contribution in [0.15, 0.2) is 5.38 Å². The van der Waals surface area contributed by atoms with Crippen LogP contribution in [0, 0.1) is 0 Å². The molecule has 0 bridgehead atoms. The second-order valence-corrected chi connectivity index (χ2v) is 4.22. The van der Waals surface area contributed by atoms with Crippen LogP contribution in [-0.2, 0) is 6.42 Å². The summed E-state index contributed by atoms with van der Waals surface area (Å²) in [6, 6.07) is 0.575. The molecule has 1 saturated heterocycles. The number of rotatable bonds is 3. The quantitative estimate of drug-likeness (QED) is 0.740. The van der Waals surface area contributed by atoms with Gasteiger partial charge in [-0.1, -0.05) is 0 Å². The van der Waals surface area contributed by atoms with Gasteiger partial charge < -0.3 is 5.32 Å². The lowest BCUT2D eigenvalue weighted by molar-refractivity contribution is 0.111. The van der Waals surface area contributed by atoms with E-state index in [9.17, 15) is 4.79 Å². The summed E-state index contributed by atoms with van der Waals surface area (Å²) in [5, 5.41) is 6.30. The van der Waals surface area contributed by atoms with Gasteiger partial charge >= 0.3 is 0 Å². The summed E-state index contributed by atoms with van der Waals surface area (Å²) in [5.74, 6) is 0. The zero-order valence-electron chi connectivity index (χ0n) is 7.32. The molecular formula is C9H12N2OS. The number of carbonyl (C=O) groups excluding carboxylic acids is 1. The van der Waals surface area contributed by atoms with E-state index in [1.165, 1.54) is 12.8 Å². The Morgan fingerprint density at radius 3 is 3.31 bits per heavy atom. The molecule has 2 heterocycles. The van der Waals surface area contributed by atoms with Gasteiger partial charge in [-0.2, -0.15) is 0 Å². The maximum atomic E-state index is 10.4. The van der Waals surface area contributed by atoms with E-state index in [1.54, 1.807) is 11.3 Å². The molecule has 0 aromatic carbocycles. The van der Waals surface area contributed by atoms with E-state index >= 15 is 0 Å². The molecule has 1 aliphatic rings. The van der Waals surface area contributed by atoms with Gasteiger partial charge in [-0.25, -0.2) is 4.98 Å². The van der Waals surface area contributed by atoms with Crippen LogP contribution in [0.5, 0.6) is 0 Å². The second-order valence-electron chi connectivity index (χ2n) is 3.28. The molecule has 1 aliphatic heterocycles. The fraction of sp³-hybridized carbons (Fsp3) is 0.556. The lowest BCUT2D eigenvalue weighted by Crippen LogP contribution is -2.23. The van der Waals surface area contributed by atoms with Crippen molar-refractivity contribution < 1.29 is 4.79 Å². The van der Waals surface area contributed by atoms with Gasteiger partial charge in [-0.05, 0) is 19.4 Å².